The van der Waals surface area contributed by atoms with E-state index in [1.807, 2.05) is 24.3 Å². The van der Waals surface area contributed by atoms with Gasteiger partial charge < -0.3 is 18.7 Å². The largest absolute Gasteiger partial charge is 0.493 e. The number of hydrogen-bond donors (Lipinski definition) is 0. The standard InChI is InChI=1S/C21H19BrN2O6/c1-27-17-8-6-13(11-18(17)28-2)16(25)7-9-20(26)29-12-19-23-21(24-30-19)14-4-3-5-15(22)10-14/h3-6,8,10-11H,7,9,12H2,1-2H3. The molecule has 1 heterocycles. The van der Waals surface area contributed by atoms with Crippen molar-refractivity contribution in [3.63, 3.8) is 0 Å². The zero-order chi connectivity index (χ0) is 21.5. The molecule has 3 rings (SSSR count). The number of ketones is 1. The van der Waals surface area contributed by atoms with Crippen molar-refractivity contribution in [2.75, 3.05) is 14.2 Å². The molecule has 2 aromatic carbocycles. The first kappa shape index (κ1) is 21.5. The maximum absolute atomic E-state index is 12.3. The first-order valence-corrected chi connectivity index (χ1v) is 9.79. The number of halogens is 1. The molecule has 0 amide bonds. The summed E-state index contributed by atoms with van der Waals surface area (Å²) in [5, 5.41) is 3.88. The van der Waals surface area contributed by atoms with Gasteiger partial charge in [0, 0.05) is 22.0 Å². The third-order valence-corrected chi connectivity index (χ3v) is 4.66. The van der Waals surface area contributed by atoms with Crippen LogP contribution in [0.2, 0.25) is 0 Å². The lowest BCUT2D eigenvalue weighted by Gasteiger charge is -2.09. The van der Waals surface area contributed by atoms with Gasteiger partial charge in [-0.3, -0.25) is 9.59 Å². The molecule has 30 heavy (non-hydrogen) atoms. The Kier molecular flexibility index (Phi) is 7.18. The number of benzene rings is 2. The van der Waals surface area contributed by atoms with E-state index >= 15 is 0 Å². The van der Waals surface area contributed by atoms with Crippen LogP contribution in [0.1, 0.15) is 29.1 Å². The number of ether oxygens (including phenoxy) is 3. The molecule has 9 heteroatoms. The van der Waals surface area contributed by atoms with E-state index in [2.05, 4.69) is 26.1 Å². The van der Waals surface area contributed by atoms with Crippen LogP contribution >= 0.6 is 15.9 Å². The fraction of sp³-hybridized carbons (Fsp3) is 0.238. The Balaban J connectivity index is 1.50. The Labute approximate surface area is 181 Å². The van der Waals surface area contributed by atoms with E-state index in [4.69, 9.17) is 18.7 Å². The van der Waals surface area contributed by atoms with E-state index in [0.717, 1.165) is 10.0 Å². The minimum atomic E-state index is -0.536. The highest BCUT2D eigenvalue weighted by atomic mass is 79.9. The number of aromatic nitrogens is 2. The zero-order valence-corrected chi connectivity index (χ0v) is 18.0. The molecule has 8 nitrogen and oxygen atoms in total. The molecule has 0 aliphatic carbocycles. The Morgan fingerprint density at radius 3 is 2.57 bits per heavy atom. The number of methoxy groups -OCH3 is 2. The molecule has 0 bridgehead atoms. The Hall–Kier alpha value is -3.20. The second-order valence-electron chi connectivity index (χ2n) is 6.18. The summed E-state index contributed by atoms with van der Waals surface area (Å²) in [6.45, 7) is -0.162. The van der Waals surface area contributed by atoms with Crippen molar-refractivity contribution >= 4 is 27.7 Å². The second-order valence-corrected chi connectivity index (χ2v) is 7.09. The lowest BCUT2D eigenvalue weighted by molar-refractivity contribution is -0.145. The van der Waals surface area contributed by atoms with Gasteiger partial charge in [0.05, 0.1) is 20.6 Å². The molecular weight excluding hydrogens is 456 g/mol. The molecule has 0 N–H and O–H groups in total. The third kappa shape index (κ3) is 5.44. The predicted molar refractivity (Wildman–Crippen MR) is 110 cm³/mol. The number of hydrogen-bond acceptors (Lipinski definition) is 8. The molecule has 0 radical (unpaired) electrons. The molecule has 0 aliphatic heterocycles. The fourth-order valence-corrected chi connectivity index (χ4v) is 3.04. The summed E-state index contributed by atoms with van der Waals surface area (Å²) >= 11 is 3.38. The van der Waals surface area contributed by atoms with Crippen LogP contribution in [0.25, 0.3) is 11.4 Å². The van der Waals surface area contributed by atoms with Gasteiger partial charge in [-0.05, 0) is 30.3 Å². The van der Waals surface area contributed by atoms with Gasteiger partial charge in [-0.25, -0.2) is 0 Å². The van der Waals surface area contributed by atoms with Gasteiger partial charge in [0.15, 0.2) is 23.9 Å². The molecule has 0 fully saturated rings. The van der Waals surface area contributed by atoms with Gasteiger partial charge >= 0.3 is 5.97 Å². The molecule has 0 aliphatic rings. The first-order valence-electron chi connectivity index (χ1n) is 8.99. The molecule has 156 valence electrons. The van der Waals surface area contributed by atoms with Crippen molar-refractivity contribution in [1.82, 2.24) is 10.1 Å². The normalized spacial score (nSPS) is 10.5. The van der Waals surface area contributed by atoms with Crippen molar-refractivity contribution in [3.05, 3.63) is 58.4 Å². The monoisotopic (exact) mass is 474 g/mol. The van der Waals surface area contributed by atoms with Gasteiger partial charge in [-0.1, -0.05) is 33.2 Å². The summed E-state index contributed by atoms with van der Waals surface area (Å²) in [4.78, 5) is 28.5. The maximum atomic E-state index is 12.3. The average Bonchev–Trinajstić information content (AvgIpc) is 3.24. The fourth-order valence-electron chi connectivity index (χ4n) is 2.64. The van der Waals surface area contributed by atoms with Gasteiger partial charge in [0.1, 0.15) is 0 Å². The summed E-state index contributed by atoms with van der Waals surface area (Å²) in [6.07, 6.45) is -0.0682. The molecule has 1 aromatic heterocycles. The summed E-state index contributed by atoms with van der Waals surface area (Å²) in [7, 11) is 3.00. The number of rotatable bonds is 9. The van der Waals surface area contributed by atoms with Crippen LogP contribution in [-0.4, -0.2) is 36.1 Å². The highest BCUT2D eigenvalue weighted by molar-refractivity contribution is 9.10. The summed E-state index contributed by atoms with van der Waals surface area (Å²) in [5.74, 6) is 0.794. The molecule has 0 saturated heterocycles. The first-order chi connectivity index (χ1) is 14.5. The number of nitrogens with zero attached hydrogens (tertiary/aromatic N) is 2. The van der Waals surface area contributed by atoms with Gasteiger partial charge in [0.2, 0.25) is 5.82 Å². The van der Waals surface area contributed by atoms with Gasteiger partial charge in [0.25, 0.3) is 5.89 Å². The highest BCUT2D eigenvalue weighted by Gasteiger charge is 2.15. The van der Waals surface area contributed by atoms with Crippen LogP contribution in [0, 0.1) is 0 Å². The Morgan fingerprint density at radius 1 is 1.03 bits per heavy atom. The maximum Gasteiger partial charge on any atom is 0.306 e. The zero-order valence-electron chi connectivity index (χ0n) is 16.4. The van der Waals surface area contributed by atoms with Crippen molar-refractivity contribution < 1.29 is 28.3 Å². The van der Waals surface area contributed by atoms with E-state index in [-0.39, 0.29) is 31.1 Å². The van der Waals surface area contributed by atoms with Crippen molar-refractivity contribution in [1.29, 1.82) is 0 Å². The predicted octanol–water partition coefficient (Wildman–Crippen LogP) is 4.22. The van der Waals surface area contributed by atoms with Crippen molar-refractivity contribution in [2.45, 2.75) is 19.4 Å². The quantitative estimate of drug-likeness (QED) is 0.335. The minimum absolute atomic E-state index is 0.00143. The summed E-state index contributed by atoms with van der Waals surface area (Å²) in [6, 6.07) is 12.3. The van der Waals surface area contributed by atoms with Crippen molar-refractivity contribution in [3.8, 4) is 22.9 Å². The second kappa shape index (κ2) is 10.0. The van der Waals surface area contributed by atoms with E-state index in [0.29, 0.717) is 22.9 Å². The molecule has 0 atom stereocenters. The number of esters is 1. The lowest BCUT2D eigenvalue weighted by Crippen LogP contribution is -2.08. The topological polar surface area (TPSA) is 101 Å². The molecule has 0 spiro atoms. The van der Waals surface area contributed by atoms with E-state index < -0.39 is 5.97 Å². The molecule has 0 saturated carbocycles. The van der Waals surface area contributed by atoms with E-state index in [1.54, 1.807) is 18.2 Å². The van der Waals surface area contributed by atoms with Crippen LogP contribution in [0.3, 0.4) is 0 Å². The third-order valence-electron chi connectivity index (χ3n) is 4.17. The minimum Gasteiger partial charge on any atom is -0.493 e. The molecule has 3 aromatic rings. The molecule has 0 unspecified atom stereocenters. The van der Waals surface area contributed by atoms with Gasteiger partial charge in [-0.2, -0.15) is 4.98 Å². The SMILES string of the molecule is COc1ccc(C(=O)CCC(=O)OCc2nc(-c3cccc(Br)c3)no2)cc1OC. The van der Waals surface area contributed by atoms with Crippen LogP contribution in [-0.2, 0) is 16.1 Å². The van der Waals surface area contributed by atoms with Crippen LogP contribution in [0.4, 0.5) is 0 Å². The Bertz CT molecular complexity index is 1050. The van der Waals surface area contributed by atoms with E-state index in [1.165, 1.54) is 14.2 Å². The molecular formula is C21H19BrN2O6. The van der Waals surface area contributed by atoms with Crippen LogP contribution in [0.15, 0.2) is 51.5 Å². The smallest absolute Gasteiger partial charge is 0.306 e. The lowest BCUT2D eigenvalue weighted by atomic mass is 10.1. The average molecular weight is 475 g/mol. The summed E-state index contributed by atoms with van der Waals surface area (Å²) in [5.41, 5.74) is 1.20. The van der Waals surface area contributed by atoms with Crippen LogP contribution in [0.5, 0.6) is 11.5 Å². The Morgan fingerprint density at radius 2 is 1.83 bits per heavy atom. The number of carbonyl (C=O) groups excluding carboxylic acids is 2. The number of Topliss-reactive ketones (excluding diaryl/α,β-unsaturated/α-hetero) is 1. The highest BCUT2D eigenvalue weighted by Crippen LogP contribution is 2.28. The van der Waals surface area contributed by atoms with E-state index in [9.17, 15) is 9.59 Å². The summed E-state index contributed by atoms with van der Waals surface area (Å²) < 4.78 is 21.5. The number of carbonyl (C=O) groups is 2. The van der Waals surface area contributed by atoms with Crippen LogP contribution < -0.4 is 9.47 Å². The van der Waals surface area contributed by atoms with Crippen molar-refractivity contribution in [2.24, 2.45) is 0 Å². The van der Waals surface area contributed by atoms with Gasteiger partial charge in [-0.15, -0.1) is 0 Å².